The van der Waals surface area contributed by atoms with Crippen molar-refractivity contribution >= 4 is 23.4 Å². The minimum Gasteiger partial charge on any atom is -0.495 e. The third kappa shape index (κ3) is 5.57. The molecule has 2 atom stereocenters. The fourth-order valence-corrected chi connectivity index (χ4v) is 4.61. The van der Waals surface area contributed by atoms with E-state index in [9.17, 15) is 14.4 Å². The summed E-state index contributed by atoms with van der Waals surface area (Å²) in [6.07, 6.45) is 6.56. The van der Waals surface area contributed by atoms with Crippen molar-refractivity contribution in [2.24, 2.45) is 11.8 Å². The second kappa shape index (κ2) is 10.6. The van der Waals surface area contributed by atoms with Gasteiger partial charge in [-0.15, -0.1) is 0 Å². The van der Waals surface area contributed by atoms with Gasteiger partial charge in [-0.1, -0.05) is 45.2 Å². The number of benzene rings is 1. The van der Waals surface area contributed by atoms with E-state index in [1.54, 1.807) is 24.1 Å². The molecule has 1 aliphatic carbocycles. The van der Waals surface area contributed by atoms with E-state index in [-0.39, 0.29) is 29.6 Å². The molecule has 3 amide bonds. The van der Waals surface area contributed by atoms with Gasteiger partial charge in [0, 0.05) is 12.5 Å². The van der Waals surface area contributed by atoms with E-state index < -0.39 is 12.1 Å². The second-order valence-electron chi connectivity index (χ2n) is 8.92. The maximum absolute atomic E-state index is 13.6. The van der Waals surface area contributed by atoms with Crippen LogP contribution in [0.1, 0.15) is 58.8 Å². The molecule has 0 radical (unpaired) electrons. The van der Waals surface area contributed by atoms with Gasteiger partial charge in [0.1, 0.15) is 17.8 Å². The third-order valence-electron chi connectivity index (χ3n) is 6.41. The number of nitrogens with zero attached hydrogens (tertiary/aromatic N) is 1. The van der Waals surface area contributed by atoms with Crippen molar-refractivity contribution in [2.45, 2.75) is 70.9 Å². The van der Waals surface area contributed by atoms with Gasteiger partial charge in [0.15, 0.2) is 0 Å². The summed E-state index contributed by atoms with van der Waals surface area (Å²) < 4.78 is 5.32. The Labute approximate surface area is 184 Å². The summed E-state index contributed by atoms with van der Waals surface area (Å²) in [6.45, 7) is 4.19. The van der Waals surface area contributed by atoms with Gasteiger partial charge in [0.05, 0.1) is 12.8 Å². The number of likely N-dealkylation sites (tertiary alicyclic amines) is 1. The van der Waals surface area contributed by atoms with Gasteiger partial charge in [0.2, 0.25) is 17.7 Å². The number of nitrogens with one attached hydrogen (secondary N) is 2. The zero-order valence-electron chi connectivity index (χ0n) is 18.9. The lowest BCUT2D eigenvalue weighted by atomic mass is 9.83. The third-order valence-corrected chi connectivity index (χ3v) is 6.41. The molecule has 0 spiro atoms. The van der Waals surface area contributed by atoms with Crippen LogP contribution >= 0.6 is 0 Å². The molecular formula is C24H35N3O4. The summed E-state index contributed by atoms with van der Waals surface area (Å²) in [4.78, 5) is 40.8. The molecule has 1 saturated carbocycles. The first-order valence-corrected chi connectivity index (χ1v) is 11.5. The molecule has 2 aliphatic rings. The minimum atomic E-state index is -0.560. The molecule has 170 valence electrons. The Bertz CT molecular complexity index is 789. The Balaban J connectivity index is 1.76. The van der Waals surface area contributed by atoms with Gasteiger partial charge in [-0.25, -0.2) is 0 Å². The fourth-order valence-electron chi connectivity index (χ4n) is 4.61. The van der Waals surface area contributed by atoms with Crippen LogP contribution < -0.4 is 15.4 Å². The lowest BCUT2D eigenvalue weighted by Gasteiger charge is -2.35. The molecule has 1 aromatic rings. The highest BCUT2D eigenvalue weighted by Gasteiger charge is 2.40. The first-order valence-electron chi connectivity index (χ1n) is 11.5. The molecule has 2 unspecified atom stereocenters. The van der Waals surface area contributed by atoms with Gasteiger partial charge in [0.25, 0.3) is 0 Å². The predicted molar refractivity (Wildman–Crippen MR) is 120 cm³/mol. The lowest BCUT2D eigenvalue weighted by molar-refractivity contribution is -0.142. The van der Waals surface area contributed by atoms with Crippen LogP contribution in [0.25, 0.3) is 0 Å². The molecule has 31 heavy (non-hydrogen) atoms. The van der Waals surface area contributed by atoms with E-state index in [0.29, 0.717) is 24.4 Å². The number of rotatable bonds is 7. The molecule has 1 heterocycles. The summed E-state index contributed by atoms with van der Waals surface area (Å²) in [5, 5.41) is 5.93. The summed E-state index contributed by atoms with van der Waals surface area (Å²) in [6, 6.07) is 6.14. The smallest absolute Gasteiger partial charge is 0.247 e. The Hall–Kier alpha value is -2.57. The van der Waals surface area contributed by atoms with Crippen LogP contribution in [0.4, 0.5) is 5.69 Å². The zero-order valence-corrected chi connectivity index (χ0v) is 18.9. The number of methoxy groups -OCH3 is 1. The van der Waals surface area contributed by atoms with E-state index in [1.165, 1.54) is 6.42 Å². The van der Waals surface area contributed by atoms with E-state index in [2.05, 4.69) is 10.6 Å². The van der Waals surface area contributed by atoms with E-state index in [0.717, 1.165) is 32.1 Å². The summed E-state index contributed by atoms with van der Waals surface area (Å²) in [7, 11) is 1.56. The standard InChI is InChI=1S/C24H35N3O4/c1-16(2)22(28)26-21(17-10-5-4-6-11-17)24(30)27-15-9-13-19(27)23(29)25-18-12-7-8-14-20(18)31-3/h7-8,12,14,16-17,19,21H,4-6,9-11,13,15H2,1-3H3,(H,25,29)(H,26,28). The molecule has 1 aromatic carbocycles. The van der Waals surface area contributed by atoms with Crippen molar-refractivity contribution in [1.82, 2.24) is 10.2 Å². The summed E-state index contributed by atoms with van der Waals surface area (Å²) in [5.41, 5.74) is 0.589. The number of carbonyl (C=O) groups excluding carboxylic acids is 3. The van der Waals surface area contributed by atoms with Crippen LogP contribution in [0, 0.1) is 11.8 Å². The van der Waals surface area contributed by atoms with E-state index >= 15 is 0 Å². The first kappa shape index (κ1) is 23.1. The quantitative estimate of drug-likeness (QED) is 0.696. The molecule has 7 heteroatoms. The van der Waals surface area contributed by atoms with Crippen molar-refractivity contribution in [3.63, 3.8) is 0 Å². The number of hydrogen-bond donors (Lipinski definition) is 2. The normalized spacial score (nSPS) is 20.4. The predicted octanol–water partition coefficient (Wildman–Crippen LogP) is 3.35. The van der Waals surface area contributed by atoms with E-state index in [1.807, 2.05) is 26.0 Å². The number of ether oxygens (including phenoxy) is 1. The van der Waals surface area contributed by atoms with Gasteiger partial charge in [-0.3, -0.25) is 14.4 Å². The molecule has 3 rings (SSSR count). The monoisotopic (exact) mass is 429 g/mol. The molecule has 1 saturated heterocycles. The molecule has 0 bridgehead atoms. The van der Waals surface area contributed by atoms with E-state index in [4.69, 9.17) is 4.74 Å². The van der Waals surface area contributed by atoms with Gasteiger partial charge in [-0.2, -0.15) is 0 Å². The van der Waals surface area contributed by atoms with Gasteiger partial charge in [-0.05, 0) is 43.7 Å². The topological polar surface area (TPSA) is 87.7 Å². The average molecular weight is 430 g/mol. The number of para-hydroxylation sites is 2. The highest BCUT2D eigenvalue weighted by molar-refractivity contribution is 5.99. The average Bonchev–Trinajstić information content (AvgIpc) is 3.28. The van der Waals surface area contributed by atoms with Crippen LogP contribution in [0.3, 0.4) is 0 Å². The van der Waals surface area contributed by atoms with Crippen LogP contribution in [-0.4, -0.2) is 48.4 Å². The molecular weight excluding hydrogens is 394 g/mol. The number of carbonyl (C=O) groups is 3. The SMILES string of the molecule is COc1ccccc1NC(=O)C1CCCN1C(=O)C(NC(=O)C(C)C)C1CCCCC1. The minimum absolute atomic E-state index is 0.113. The molecule has 2 fully saturated rings. The van der Waals surface area contributed by atoms with Crippen LogP contribution in [0.15, 0.2) is 24.3 Å². The molecule has 1 aliphatic heterocycles. The highest BCUT2D eigenvalue weighted by Crippen LogP contribution is 2.30. The highest BCUT2D eigenvalue weighted by atomic mass is 16.5. The van der Waals surface area contributed by atoms with Crippen molar-refractivity contribution in [1.29, 1.82) is 0 Å². The van der Waals surface area contributed by atoms with Crippen molar-refractivity contribution in [2.75, 3.05) is 19.0 Å². The Morgan fingerprint density at radius 3 is 2.42 bits per heavy atom. The van der Waals surface area contributed by atoms with Gasteiger partial charge >= 0.3 is 0 Å². The second-order valence-corrected chi connectivity index (χ2v) is 8.92. The van der Waals surface area contributed by atoms with Crippen LogP contribution in [0.2, 0.25) is 0 Å². The van der Waals surface area contributed by atoms with Crippen molar-refractivity contribution < 1.29 is 19.1 Å². The Morgan fingerprint density at radius 1 is 1.03 bits per heavy atom. The maximum atomic E-state index is 13.6. The Morgan fingerprint density at radius 2 is 1.74 bits per heavy atom. The molecule has 2 N–H and O–H groups in total. The van der Waals surface area contributed by atoms with Crippen LogP contribution in [0.5, 0.6) is 5.75 Å². The number of amides is 3. The maximum Gasteiger partial charge on any atom is 0.247 e. The fraction of sp³-hybridized carbons (Fsp3) is 0.625. The van der Waals surface area contributed by atoms with Crippen LogP contribution in [-0.2, 0) is 14.4 Å². The number of anilines is 1. The largest absolute Gasteiger partial charge is 0.495 e. The first-order chi connectivity index (χ1) is 14.9. The molecule has 7 nitrogen and oxygen atoms in total. The lowest BCUT2D eigenvalue weighted by Crippen LogP contribution is -2.56. The summed E-state index contributed by atoms with van der Waals surface area (Å²) in [5.74, 6) is 0.0604. The van der Waals surface area contributed by atoms with Crippen molar-refractivity contribution in [3.05, 3.63) is 24.3 Å². The molecule has 0 aromatic heterocycles. The Kier molecular flexibility index (Phi) is 7.93. The van der Waals surface area contributed by atoms with Gasteiger partial charge < -0.3 is 20.3 Å². The number of hydrogen-bond acceptors (Lipinski definition) is 4. The van der Waals surface area contributed by atoms with Crippen molar-refractivity contribution in [3.8, 4) is 5.75 Å². The summed E-state index contributed by atoms with van der Waals surface area (Å²) >= 11 is 0. The zero-order chi connectivity index (χ0) is 22.4.